The second-order valence-corrected chi connectivity index (χ2v) is 5.65. The highest BCUT2D eigenvalue weighted by Gasteiger charge is 2.09. The molecule has 2 aromatic carbocycles. The lowest BCUT2D eigenvalue weighted by molar-refractivity contribution is 0.0950. The van der Waals surface area contributed by atoms with Crippen molar-refractivity contribution in [1.29, 1.82) is 0 Å². The molecule has 0 unspecified atom stereocenters. The van der Waals surface area contributed by atoms with Crippen LogP contribution in [0.15, 0.2) is 65.8 Å². The molecular formula is C20H18FN3O. The van der Waals surface area contributed by atoms with Crippen molar-refractivity contribution in [3.05, 3.63) is 77.7 Å². The summed E-state index contributed by atoms with van der Waals surface area (Å²) in [6, 6.07) is 17.2. The number of para-hydroxylation sites is 1. The smallest absolute Gasteiger partial charge is 0.266 e. The molecule has 0 saturated carbocycles. The lowest BCUT2D eigenvalue weighted by Gasteiger charge is -2.07. The number of carbonyl (C=O) groups excluding carboxylic acids is 1. The highest BCUT2D eigenvalue weighted by atomic mass is 19.1. The Morgan fingerprint density at radius 3 is 2.60 bits per heavy atom. The molecule has 0 saturated heterocycles. The van der Waals surface area contributed by atoms with Crippen LogP contribution in [0.25, 0.3) is 10.9 Å². The number of nitrogens with one attached hydrogen (secondary N) is 1. The largest absolute Gasteiger partial charge is 0.289 e. The first-order valence-electron chi connectivity index (χ1n) is 8.16. The summed E-state index contributed by atoms with van der Waals surface area (Å²) in [6.45, 7) is 2.02. The fourth-order valence-electron chi connectivity index (χ4n) is 2.51. The Labute approximate surface area is 145 Å². The number of carbonyl (C=O) groups is 1. The number of hydrogen-bond acceptors (Lipinski definition) is 3. The minimum absolute atomic E-state index is 0.302. The van der Waals surface area contributed by atoms with E-state index >= 15 is 0 Å². The van der Waals surface area contributed by atoms with E-state index in [1.165, 1.54) is 12.1 Å². The van der Waals surface area contributed by atoms with Crippen LogP contribution < -0.4 is 5.43 Å². The number of pyridine rings is 1. The van der Waals surface area contributed by atoms with Crippen LogP contribution >= 0.6 is 0 Å². The van der Waals surface area contributed by atoms with Crippen molar-refractivity contribution in [2.45, 2.75) is 19.8 Å². The molecule has 0 spiro atoms. The van der Waals surface area contributed by atoms with E-state index in [0.717, 1.165) is 22.9 Å². The topological polar surface area (TPSA) is 54.4 Å². The van der Waals surface area contributed by atoms with E-state index in [4.69, 9.17) is 0 Å². The van der Waals surface area contributed by atoms with E-state index in [0.29, 0.717) is 17.8 Å². The van der Waals surface area contributed by atoms with Gasteiger partial charge >= 0.3 is 0 Å². The maximum absolute atomic E-state index is 13.1. The molecule has 1 heterocycles. The third kappa shape index (κ3) is 4.07. The van der Waals surface area contributed by atoms with E-state index in [1.54, 1.807) is 18.2 Å². The maximum Gasteiger partial charge on any atom is 0.289 e. The number of benzene rings is 2. The SMILES string of the molecule is CCC/C(=N/NC(=O)c1ccc2ccccc2n1)c1ccc(F)cc1. The van der Waals surface area contributed by atoms with Crippen molar-refractivity contribution in [1.82, 2.24) is 10.4 Å². The number of aromatic nitrogens is 1. The molecule has 0 atom stereocenters. The summed E-state index contributed by atoms with van der Waals surface area (Å²) < 4.78 is 13.1. The average molecular weight is 335 g/mol. The predicted molar refractivity (Wildman–Crippen MR) is 97.1 cm³/mol. The lowest BCUT2D eigenvalue weighted by atomic mass is 10.1. The summed E-state index contributed by atoms with van der Waals surface area (Å²) >= 11 is 0. The summed E-state index contributed by atoms with van der Waals surface area (Å²) in [5.41, 5.74) is 5.11. The highest BCUT2D eigenvalue weighted by Crippen LogP contribution is 2.12. The van der Waals surface area contributed by atoms with Crippen molar-refractivity contribution >= 4 is 22.5 Å². The first-order valence-corrected chi connectivity index (χ1v) is 8.16. The molecule has 3 rings (SSSR count). The van der Waals surface area contributed by atoms with Gasteiger partial charge in [0, 0.05) is 5.39 Å². The zero-order valence-corrected chi connectivity index (χ0v) is 13.9. The zero-order chi connectivity index (χ0) is 17.6. The van der Waals surface area contributed by atoms with E-state index in [9.17, 15) is 9.18 Å². The molecule has 25 heavy (non-hydrogen) atoms. The summed E-state index contributed by atoms with van der Waals surface area (Å²) in [7, 11) is 0. The minimum Gasteiger partial charge on any atom is -0.266 e. The Hall–Kier alpha value is -3.08. The van der Waals surface area contributed by atoms with Crippen LogP contribution in [0.3, 0.4) is 0 Å². The third-order valence-electron chi connectivity index (χ3n) is 3.79. The van der Waals surface area contributed by atoms with Gasteiger partial charge in [0.25, 0.3) is 5.91 Å². The van der Waals surface area contributed by atoms with Crippen LogP contribution in [0.1, 0.15) is 35.8 Å². The van der Waals surface area contributed by atoms with Crippen LogP contribution in [0.5, 0.6) is 0 Å². The summed E-state index contributed by atoms with van der Waals surface area (Å²) in [5.74, 6) is -0.675. The van der Waals surface area contributed by atoms with Crippen LogP contribution in [-0.4, -0.2) is 16.6 Å². The van der Waals surface area contributed by atoms with Crippen molar-refractivity contribution in [3.8, 4) is 0 Å². The van der Waals surface area contributed by atoms with Crippen molar-refractivity contribution in [2.24, 2.45) is 5.10 Å². The summed E-state index contributed by atoms with van der Waals surface area (Å²) in [4.78, 5) is 16.7. The van der Waals surface area contributed by atoms with Crippen molar-refractivity contribution in [3.63, 3.8) is 0 Å². The molecule has 0 aliphatic rings. The van der Waals surface area contributed by atoms with Gasteiger partial charge in [0.1, 0.15) is 11.5 Å². The molecule has 5 heteroatoms. The highest BCUT2D eigenvalue weighted by molar-refractivity contribution is 6.02. The molecule has 0 aliphatic carbocycles. The van der Waals surface area contributed by atoms with Crippen molar-refractivity contribution < 1.29 is 9.18 Å². The second-order valence-electron chi connectivity index (χ2n) is 5.65. The maximum atomic E-state index is 13.1. The van der Waals surface area contributed by atoms with E-state index in [2.05, 4.69) is 15.5 Å². The number of nitrogens with zero attached hydrogens (tertiary/aromatic N) is 2. The Balaban J connectivity index is 1.81. The fraction of sp³-hybridized carbons (Fsp3) is 0.150. The average Bonchev–Trinajstić information content (AvgIpc) is 2.65. The number of halogens is 1. The first-order chi connectivity index (χ1) is 12.2. The Morgan fingerprint density at radius 1 is 1.08 bits per heavy atom. The number of rotatable bonds is 5. The zero-order valence-electron chi connectivity index (χ0n) is 13.9. The van der Waals surface area contributed by atoms with Gasteiger partial charge in [0.05, 0.1) is 11.2 Å². The molecule has 1 aromatic heterocycles. The van der Waals surface area contributed by atoms with Gasteiger partial charge in [-0.05, 0) is 36.2 Å². The van der Waals surface area contributed by atoms with Gasteiger partial charge in [-0.2, -0.15) is 5.10 Å². The van der Waals surface area contributed by atoms with Gasteiger partial charge in [0.2, 0.25) is 0 Å². The normalized spacial score (nSPS) is 11.5. The molecule has 4 nitrogen and oxygen atoms in total. The van der Waals surface area contributed by atoms with Crippen LogP contribution in [0, 0.1) is 5.82 Å². The molecule has 3 aromatic rings. The van der Waals surface area contributed by atoms with E-state index in [1.807, 2.05) is 37.3 Å². The molecule has 126 valence electrons. The summed E-state index contributed by atoms with van der Waals surface area (Å²) in [6.07, 6.45) is 1.54. The van der Waals surface area contributed by atoms with Crippen molar-refractivity contribution in [2.75, 3.05) is 0 Å². The third-order valence-corrected chi connectivity index (χ3v) is 3.79. The monoisotopic (exact) mass is 335 g/mol. The molecule has 0 aliphatic heterocycles. The Morgan fingerprint density at radius 2 is 1.84 bits per heavy atom. The van der Waals surface area contributed by atoms with Gasteiger partial charge in [-0.3, -0.25) is 4.79 Å². The molecule has 1 amide bonds. The van der Waals surface area contributed by atoms with Gasteiger partial charge < -0.3 is 0 Å². The second kappa shape index (κ2) is 7.66. The molecule has 0 radical (unpaired) electrons. The molecule has 0 fully saturated rings. The van der Waals surface area contributed by atoms with Crippen LogP contribution in [0.2, 0.25) is 0 Å². The molecule has 1 N–H and O–H groups in total. The molecule has 0 bridgehead atoms. The minimum atomic E-state index is -0.374. The number of hydrazone groups is 1. The van der Waals surface area contributed by atoms with Gasteiger partial charge in [-0.15, -0.1) is 0 Å². The van der Waals surface area contributed by atoms with E-state index in [-0.39, 0.29) is 11.7 Å². The number of amides is 1. The lowest BCUT2D eigenvalue weighted by Crippen LogP contribution is -2.21. The van der Waals surface area contributed by atoms with E-state index < -0.39 is 0 Å². The van der Waals surface area contributed by atoms with Gasteiger partial charge in [-0.1, -0.05) is 49.7 Å². The first kappa shape index (κ1) is 16.8. The van der Waals surface area contributed by atoms with Gasteiger partial charge in [-0.25, -0.2) is 14.8 Å². The number of fused-ring (bicyclic) bond motifs is 1. The fourth-order valence-corrected chi connectivity index (χ4v) is 2.51. The predicted octanol–water partition coefficient (Wildman–Crippen LogP) is 4.31. The number of hydrogen-bond donors (Lipinski definition) is 1. The van der Waals surface area contributed by atoms with Crippen LogP contribution in [-0.2, 0) is 0 Å². The van der Waals surface area contributed by atoms with Gasteiger partial charge in [0.15, 0.2) is 0 Å². The Kier molecular flexibility index (Phi) is 5.14. The quantitative estimate of drug-likeness (QED) is 0.558. The van der Waals surface area contributed by atoms with Crippen LogP contribution in [0.4, 0.5) is 4.39 Å². The standard InChI is InChI=1S/C20H18FN3O/c1-2-5-18(15-8-11-16(21)12-9-15)23-24-20(25)19-13-10-14-6-3-4-7-17(14)22-19/h3-4,6-13H,2,5H2,1H3,(H,24,25)/b23-18-. The summed E-state index contributed by atoms with van der Waals surface area (Å²) in [5, 5.41) is 5.20. The Bertz CT molecular complexity index is 920. The molecular weight excluding hydrogens is 317 g/mol.